The molecular formula is C20H28N2O4. The predicted molar refractivity (Wildman–Crippen MR) is 99.2 cm³/mol. The molecule has 2 atom stereocenters. The lowest BCUT2D eigenvalue weighted by Gasteiger charge is -2.23. The number of hydrogen-bond acceptors (Lipinski definition) is 4. The fourth-order valence-corrected chi connectivity index (χ4v) is 3.31. The maximum absolute atomic E-state index is 12.3. The van der Waals surface area contributed by atoms with Crippen LogP contribution in [0.1, 0.15) is 49.4 Å². The van der Waals surface area contributed by atoms with Crippen molar-refractivity contribution in [1.82, 2.24) is 4.90 Å². The Bertz CT molecular complexity index is 605. The topological polar surface area (TPSA) is 67.9 Å². The van der Waals surface area contributed by atoms with Gasteiger partial charge in [0.15, 0.2) is 0 Å². The average Bonchev–Trinajstić information content (AvgIpc) is 3.21. The molecule has 2 fully saturated rings. The van der Waals surface area contributed by atoms with E-state index in [0.717, 1.165) is 51.8 Å². The zero-order valence-corrected chi connectivity index (χ0v) is 15.4. The summed E-state index contributed by atoms with van der Waals surface area (Å²) >= 11 is 0. The number of amides is 2. The molecule has 2 unspecified atom stereocenters. The lowest BCUT2D eigenvalue weighted by atomic mass is 10.1. The summed E-state index contributed by atoms with van der Waals surface area (Å²) < 4.78 is 11.3. The lowest BCUT2D eigenvalue weighted by molar-refractivity contribution is -0.130. The van der Waals surface area contributed by atoms with E-state index in [4.69, 9.17) is 9.47 Å². The van der Waals surface area contributed by atoms with Crippen LogP contribution in [-0.4, -0.2) is 55.2 Å². The van der Waals surface area contributed by atoms with Crippen LogP contribution in [0.2, 0.25) is 0 Å². The average molecular weight is 360 g/mol. The monoisotopic (exact) mass is 360 g/mol. The third-order valence-corrected chi connectivity index (χ3v) is 4.97. The summed E-state index contributed by atoms with van der Waals surface area (Å²) in [6.07, 6.45) is 4.93. The summed E-state index contributed by atoms with van der Waals surface area (Å²) in [4.78, 5) is 26.5. The van der Waals surface area contributed by atoms with Gasteiger partial charge in [-0.3, -0.25) is 9.59 Å². The van der Waals surface area contributed by atoms with E-state index in [-0.39, 0.29) is 17.9 Å². The number of nitrogens with one attached hydrogen (secondary N) is 1. The van der Waals surface area contributed by atoms with Crippen LogP contribution in [0.3, 0.4) is 0 Å². The van der Waals surface area contributed by atoms with Crippen LogP contribution in [0.25, 0.3) is 0 Å². The fraction of sp³-hybridized carbons (Fsp3) is 0.600. The molecule has 0 aromatic heterocycles. The second kappa shape index (κ2) is 9.14. The second-order valence-corrected chi connectivity index (χ2v) is 7.03. The van der Waals surface area contributed by atoms with Gasteiger partial charge < -0.3 is 19.7 Å². The van der Waals surface area contributed by atoms with E-state index in [2.05, 4.69) is 5.32 Å². The Labute approximate surface area is 154 Å². The minimum Gasteiger partial charge on any atom is -0.376 e. The van der Waals surface area contributed by atoms with Gasteiger partial charge in [0, 0.05) is 30.9 Å². The number of hydrogen-bond donors (Lipinski definition) is 1. The van der Waals surface area contributed by atoms with Crippen LogP contribution in [-0.2, 0) is 14.3 Å². The van der Waals surface area contributed by atoms with Gasteiger partial charge in [0.1, 0.15) is 6.10 Å². The van der Waals surface area contributed by atoms with Crippen LogP contribution in [0.5, 0.6) is 0 Å². The van der Waals surface area contributed by atoms with E-state index in [9.17, 15) is 9.59 Å². The Morgan fingerprint density at radius 1 is 1.19 bits per heavy atom. The van der Waals surface area contributed by atoms with Crippen LogP contribution in [0, 0.1) is 0 Å². The molecule has 0 spiro atoms. The third-order valence-electron chi connectivity index (χ3n) is 4.97. The number of ether oxygens (including phenoxy) is 2. The van der Waals surface area contributed by atoms with Crippen molar-refractivity contribution in [3.63, 3.8) is 0 Å². The molecule has 0 bridgehead atoms. The van der Waals surface area contributed by atoms with Crippen molar-refractivity contribution in [2.45, 2.75) is 51.2 Å². The summed E-state index contributed by atoms with van der Waals surface area (Å²) in [5, 5.41) is 2.84. The third kappa shape index (κ3) is 5.05. The van der Waals surface area contributed by atoms with E-state index < -0.39 is 6.10 Å². The highest BCUT2D eigenvalue weighted by Gasteiger charge is 2.21. The van der Waals surface area contributed by atoms with Gasteiger partial charge in [0.05, 0.1) is 12.7 Å². The molecular weight excluding hydrogens is 332 g/mol. The van der Waals surface area contributed by atoms with E-state index in [1.165, 1.54) is 0 Å². The van der Waals surface area contributed by atoms with Gasteiger partial charge in [0.25, 0.3) is 11.8 Å². The smallest absolute Gasteiger partial charge is 0.253 e. The highest BCUT2D eigenvalue weighted by atomic mass is 16.5. The van der Waals surface area contributed by atoms with Gasteiger partial charge >= 0.3 is 0 Å². The van der Waals surface area contributed by atoms with E-state index in [1.807, 2.05) is 4.90 Å². The van der Waals surface area contributed by atoms with Crippen LogP contribution < -0.4 is 5.32 Å². The molecule has 2 heterocycles. The number of rotatable bonds is 6. The Balaban J connectivity index is 1.46. The van der Waals surface area contributed by atoms with Gasteiger partial charge in [-0.1, -0.05) is 0 Å². The van der Waals surface area contributed by atoms with Gasteiger partial charge in [-0.15, -0.1) is 0 Å². The number of carbonyl (C=O) groups is 2. The molecule has 3 rings (SSSR count). The second-order valence-electron chi connectivity index (χ2n) is 7.03. The largest absolute Gasteiger partial charge is 0.376 e. The Kier molecular flexibility index (Phi) is 6.63. The van der Waals surface area contributed by atoms with E-state index in [1.54, 1.807) is 31.2 Å². The normalized spacial score (nSPS) is 21.4. The summed E-state index contributed by atoms with van der Waals surface area (Å²) in [5.74, 6) is -0.135. The Morgan fingerprint density at radius 3 is 2.58 bits per heavy atom. The summed E-state index contributed by atoms with van der Waals surface area (Å²) in [5.41, 5.74) is 1.32. The molecule has 1 aromatic carbocycles. The molecule has 2 saturated heterocycles. The molecule has 6 nitrogen and oxygen atoms in total. The van der Waals surface area contributed by atoms with Gasteiger partial charge in [-0.05, 0) is 63.3 Å². The molecule has 2 amide bonds. The van der Waals surface area contributed by atoms with Gasteiger partial charge in [0.2, 0.25) is 0 Å². The number of carbonyl (C=O) groups excluding carboxylic acids is 2. The molecule has 0 aliphatic carbocycles. The molecule has 2 aliphatic rings. The van der Waals surface area contributed by atoms with Crippen molar-refractivity contribution < 1.29 is 19.1 Å². The highest BCUT2D eigenvalue weighted by molar-refractivity contribution is 5.96. The number of anilines is 1. The Morgan fingerprint density at radius 2 is 1.92 bits per heavy atom. The number of benzene rings is 1. The van der Waals surface area contributed by atoms with Gasteiger partial charge in [-0.2, -0.15) is 0 Å². The van der Waals surface area contributed by atoms with Crippen LogP contribution >= 0.6 is 0 Å². The first-order chi connectivity index (χ1) is 12.6. The standard InChI is InChI=1S/C20H28N2O4/c1-15(26-14-18-6-2-5-13-25-18)19(23)21-17-9-7-16(8-10-17)20(24)22-11-3-4-12-22/h7-10,15,18H,2-6,11-14H2,1H3,(H,21,23). The van der Waals surface area contributed by atoms with E-state index in [0.29, 0.717) is 17.9 Å². The predicted octanol–water partition coefficient (Wildman–Crippen LogP) is 2.84. The summed E-state index contributed by atoms with van der Waals surface area (Å²) in [7, 11) is 0. The summed E-state index contributed by atoms with van der Waals surface area (Å²) in [6.45, 7) is 4.62. The molecule has 142 valence electrons. The number of likely N-dealkylation sites (tertiary alicyclic amines) is 1. The minimum atomic E-state index is -0.550. The fourth-order valence-electron chi connectivity index (χ4n) is 3.31. The molecule has 26 heavy (non-hydrogen) atoms. The lowest BCUT2D eigenvalue weighted by Crippen LogP contribution is -2.32. The van der Waals surface area contributed by atoms with E-state index >= 15 is 0 Å². The van der Waals surface area contributed by atoms with Crippen molar-refractivity contribution in [1.29, 1.82) is 0 Å². The molecule has 0 saturated carbocycles. The molecule has 0 radical (unpaired) electrons. The molecule has 1 aromatic rings. The van der Waals surface area contributed by atoms with Crippen LogP contribution in [0.15, 0.2) is 24.3 Å². The number of nitrogens with zero attached hydrogens (tertiary/aromatic N) is 1. The molecule has 1 N–H and O–H groups in total. The zero-order valence-electron chi connectivity index (χ0n) is 15.4. The van der Waals surface area contributed by atoms with Crippen molar-refractivity contribution in [3.05, 3.63) is 29.8 Å². The van der Waals surface area contributed by atoms with Crippen molar-refractivity contribution >= 4 is 17.5 Å². The zero-order chi connectivity index (χ0) is 18.4. The quantitative estimate of drug-likeness (QED) is 0.847. The SMILES string of the molecule is CC(OCC1CCCCO1)C(=O)Nc1ccc(C(=O)N2CCCC2)cc1. The molecule has 2 aliphatic heterocycles. The maximum Gasteiger partial charge on any atom is 0.253 e. The first kappa shape index (κ1) is 18.9. The first-order valence-electron chi connectivity index (χ1n) is 9.57. The maximum atomic E-state index is 12.3. The first-order valence-corrected chi connectivity index (χ1v) is 9.57. The highest BCUT2D eigenvalue weighted by Crippen LogP contribution is 2.16. The van der Waals surface area contributed by atoms with Gasteiger partial charge in [-0.25, -0.2) is 0 Å². The van der Waals surface area contributed by atoms with Crippen molar-refractivity contribution in [3.8, 4) is 0 Å². The van der Waals surface area contributed by atoms with Crippen molar-refractivity contribution in [2.24, 2.45) is 0 Å². The summed E-state index contributed by atoms with van der Waals surface area (Å²) in [6, 6.07) is 7.05. The molecule has 6 heteroatoms. The van der Waals surface area contributed by atoms with Crippen LogP contribution in [0.4, 0.5) is 5.69 Å². The van der Waals surface area contributed by atoms with Crippen molar-refractivity contribution in [2.75, 3.05) is 31.6 Å². The Hall–Kier alpha value is -1.92. The minimum absolute atomic E-state index is 0.0598.